The van der Waals surface area contributed by atoms with Gasteiger partial charge in [-0.2, -0.15) is 0 Å². The highest BCUT2D eigenvalue weighted by atomic mass is 16.5. The Morgan fingerprint density at radius 2 is 1.75 bits per heavy atom. The van der Waals surface area contributed by atoms with Gasteiger partial charge in [0, 0.05) is 32.7 Å². The van der Waals surface area contributed by atoms with Crippen LogP contribution in [0.2, 0.25) is 0 Å². The van der Waals surface area contributed by atoms with E-state index in [1.165, 1.54) is 25.7 Å². The second-order valence-corrected chi connectivity index (χ2v) is 8.79. The SMILES string of the molecule is O=C(CC1CCCC1)N1CC(=O)N(Cc2ccccc2)C[C@@H](OCC2CC2)C1. The summed E-state index contributed by atoms with van der Waals surface area (Å²) in [6.45, 7) is 2.61. The zero-order valence-corrected chi connectivity index (χ0v) is 16.7. The summed E-state index contributed by atoms with van der Waals surface area (Å²) >= 11 is 0. The largest absolute Gasteiger partial charge is 0.374 e. The van der Waals surface area contributed by atoms with Gasteiger partial charge in [-0.05, 0) is 43.1 Å². The predicted octanol–water partition coefficient (Wildman–Crippen LogP) is 3.23. The highest BCUT2D eigenvalue weighted by Crippen LogP contribution is 2.30. The summed E-state index contributed by atoms with van der Waals surface area (Å²) in [5, 5.41) is 0. The Labute approximate surface area is 168 Å². The van der Waals surface area contributed by atoms with Gasteiger partial charge in [-0.15, -0.1) is 0 Å². The molecule has 0 unspecified atom stereocenters. The predicted molar refractivity (Wildman–Crippen MR) is 107 cm³/mol. The molecule has 3 aliphatic rings. The Bertz CT molecular complexity index is 668. The van der Waals surface area contributed by atoms with Crippen LogP contribution in [0.15, 0.2) is 30.3 Å². The smallest absolute Gasteiger partial charge is 0.242 e. The lowest BCUT2D eigenvalue weighted by Crippen LogP contribution is -2.40. The van der Waals surface area contributed by atoms with Crippen molar-refractivity contribution in [1.29, 1.82) is 0 Å². The van der Waals surface area contributed by atoms with Gasteiger partial charge in [0.15, 0.2) is 0 Å². The number of carbonyl (C=O) groups excluding carboxylic acids is 2. The van der Waals surface area contributed by atoms with Crippen LogP contribution in [-0.4, -0.2) is 54.0 Å². The molecule has 1 heterocycles. The van der Waals surface area contributed by atoms with Gasteiger partial charge in [0.05, 0.1) is 12.6 Å². The zero-order valence-electron chi connectivity index (χ0n) is 16.7. The molecule has 0 aromatic heterocycles. The number of amides is 2. The van der Waals surface area contributed by atoms with Gasteiger partial charge in [-0.25, -0.2) is 0 Å². The third-order valence-electron chi connectivity index (χ3n) is 6.30. The van der Waals surface area contributed by atoms with Crippen molar-refractivity contribution in [1.82, 2.24) is 9.80 Å². The van der Waals surface area contributed by atoms with Crippen LogP contribution in [0, 0.1) is 11.8 Å². The summed E-state index contributed by atoms with van der Waals surface area (Å²) < 4.78 is 6.17. The standard InChI is InChI=1S/C23H32N2O3/c26-22(12-18-6-4-5-7-18)25-15-21(28-17-20-10-11-20)14-24(23(27)16-25)13-19-8-2-1-3-9-19/h1-3,8-9,18,20-21H,4-7,10-17H2/t21-/m1/s1. The molecule has 1 atom stereocenters. The topological polar surface area (TPSA) is 49.9 Å². The molecule has 3 fully saturated rings. The summed E-state index contributed by atoms with van der Waals surface area (Å²) in [5.74, 6) is 1.32. The first kappa shape index (κ1) is 19.4. The number of ether oxygens (including phenoxy) is 1. The third kappa shape index (κ3) is 5.34. The molecule has 0 radical (unpaired) electrons. The first-order valence-corrected chi connectivity index (χ1v) is 10.9. The molecule has 1 aromatic carbocycles. The maximum atomic E-state index is 12.9. The number of carbonyl (C=O) groups is 2. The van der Waals surface area contributed by atoms with E-state index in [4.69, 9.17) is 4.74 Å². The van der Waals surface area contributed by atoms with Crippen LogP contribution in [0.3, 0.4) is 0 Å². The van der Waals surface area contributed by atoms with E-state index >= 15 is 0 Å². The fourth-order valence-electron chi connectivity index (χ4n) is 4.38. The molecule has 0 N–H and O–H groups in total. The van der Waals surface area contributed by atoms with E-state index < -0.39 is 0 Å². The second-order valence-electron chi connectivity index (χ2n) is 8.79. The Morgan fingerprint density at radius 1 is 1.00 bits per heavy atom. The molecule has 5 heteroatoms. The number of nitrogens with zero attached hydrogens (tertiary/aromatic N) is 2. The second kappa shape index (κ2) is 9.08. The average molecular weight is 385 g/mol. The van der Waals surface area contributed by atoms with Gasteiger partial charge in [0.1, 0.15) is 0 Å². The Kier molecular flexibility index (Phi) is 6.30. The van der Waals surface area contributed by atoms with Crippen molar-refractivity contribution in [2.45, 2.75) is 57.6 Å². The average Bonchev–Trinajstić information content (AvgIpc) is 3.42. The van der Waals surface area contributed by atoms with Crippen LogP contribution < -0.4 is 0 Å². The molecule has 5 nitrogen and oxygen atoms in total. The Morgan fingerprint density at radius 3 is 2.46 bits per heavy atom. The maximum Gasteiger partial charge on any atom is 0.242 e. The molecule has 0 spiro atoms. The van der Waals surface area contributed by atoms with E-state index in [1.807, 2.05) is 35.2 Å². The quantitative estimate of drug-likeness (QED) is 0.725. The number of hydrogen-bond donors (Lipinski definition) is 0. The van der Waals surface area contributed by atoms with Crippen LogP contribution in [0.25, 0.3) is 0 Å². The van der Waals surface area contributed by atoms with Crippen molar-refractivity contribution in [2.24, 2.45) is 11.8 Å². The van der Waals surface area contributed by atoms with Gasteiger partial charge < -0.3 is 14.5 Å². The first-order chi connectivity index (χ1) is 13.7. The van der Waals surface area contributed by atoms with E-state index in [0.717, 1.165) is 25.0 Å². The lowest BCUT2D eigenvalue weighted by atomic mass is 10.0. The van der Waals surface area contributed by atoms with E-state index in [9.17, 15) is 9.59 Å². The molecular weight excluding hydrogens is 352 g/mol. The fraction of sp³-hybridized carbons (Fsp3) is 0.652. The lowest BCUT2D eigenvalue weighted by Gasteiger charge is -2.25. The van der Waals surface area contributed by atoms with Crippen molar-refractivity contribution >= 4 is 11.8 Å². The molecule has 4 rings (SSSR count). The van der Waals surface area contributed by atoms with Gasteiger partial charge >= 0.3 is 0 Å². The molecule has 2 amide bonds. The minimum atomic E-state index is -0.0942. The Hall–Kier alpha value is -1.88. The van der Waals surface area contributed by atoms with Gasteiger partial charge in [-0.3, -0.25) is 9.59 Å². The summed E-state index contributed by atoms with van der Waals surface area (Å²) in [7, 11) is 0. The fourth-order valence-corrected chi connectivity index (χ4v) is 4.38. The van der Waals surface area contributed by atoms with Crippen molar-refractivity contribution in [3.8, 4) is 0 Å². The molecular formula is C23H32N2O3. The molecule has 1 aromatic rings. The van der Waals surface area contributed by atoms with Crippen LogP contribution in [0.4, 0.5) is 0 Å². The number of benzene rings is 1. The zero-order chi connectivity index (χ0) is 19.3. The first-order valence-electron chi connectivity index (χ1n) is 10.9. The van der Waals surface area contributed by atoms with Gasteiger partial charge in [-0.1, -0.05) is 43.2 Å². The normalized spacial score (nSPS) is 23.9. The van der Waals surface area contributed by atoms with Crippen molar-refractivity contribution < 1.29 is 14.3 Å². The van der Waals surface area contributed by atoms with Crippen molar-refractivity contribution in [3.05, 3.63) is 35.9 Å². The number of rotatable bonds is 7. The molecule has 152 valence electrons. The summed E-state index contributed by atoms with van der Waals surface area (Å²) in [5.41, 5.74) is 1.11. The van der Waals surface area contributed by atoms with Crippen LogP contribution in [-0.2, 0) is 20.9 Å². The highest BCUT2D eigenvalue weighted by molar-refractivity contribution is 5.85. The molecule has 0 bridgehead atoms. The minimum absolute atomic E-state index is 0.0288. The van der Waals surface area contributed by atoms with Crippen molar-refractivity contribution in [2.75, 3.05) is 26.2 Å². The molecule has 2 saturated carbocycles. The van der Waals surface area contributed by atoms with Crippen LogP contribution in [0.1, 0.15) is 50.5 Å². The van der Waals surface area contributed by atoms with E-state index in [1.54, 1.807) is 4.90 Å². The Balaban J connectivity index is 1.42. The van der Waals surface area contributed by atoms with E-state index in [0.29, 0.717) is 37.9 Å². The molecule has 1 saturated heterocycles. The highest BCUT2D eigenvalue weighted by Gasteiger charge is 2.33. The summed E-state index contributed by atoms with van der Waals surface area (Å²) in [6.07, 6.45) is 7.73. The molecule has 2 aliphatic carbocycles. The summed E-state index contributed by atoms with van der Waals surface area (Å²) in [4.78, 5) is 29.5. The third-order valence-corrected chi connectivity index (χ3v) is 6.30. The maximum absolute atomic E-state index is 12.9. The lowest BCUT2D eigenvalue weighted by molar-refractivity contribution is -0.139. The van der Waals surface area contributed by atoms with E-state index in [2.05, 4.69) is 0 Å². The molecule has 28 heavy (non-hydrogen) atoms. The van der Waals surface area contributed by atoms with Crippen molar-refractivity contribution in [3.63, 3.8) is 0 Å². The van der Waals surface area contributed by atoms with Gasteiger partial charge in [0.25, 0.3) is 0 Å². The summed E-state index contributed by atoms with van der Waals surface area (Å²) in [6, 6.07) is 10.1. The number of hydrogen-bond acceptors (Lipinski definition) is 3. The van der Waals surface area contributed by atoms with Gasteiger partial charge in [0.2, 0.25) is 11.8 Å². The molecule has 1 aliphatic heterocycles. The monoisotopic (exact) mass is 384 g/mol. The minimum Gasteiger partial charge on any atom is -0.374 e. The van der Waals surface area contributed by atoms with Crippen LogP contribution in [0.5, 0.6) is 0 Å². The van der Waals surface area contributed by atoms with E-state index in [-0.39, 0.29) is 24.5 Å². The van der Waals surface area contributed by atoms with Crippen LogP contribution >= 0.6 is 0 Å².